The minimum Gasteiger partial charge on any atom is -0.396 e. The van der Waals surface area contributed by atoms with Gasteiger partial charge in [0.1, 0.15) is 0 Å². The number of unbranched alkanes of at least 4 members (excludes halogenated alkanes) is 3. The normalized spacial score (nSPS) is 12.0. The van der Waals surface area contributed by atoms with E-state index in [1.807, 2.05) is 0 Å². The lowest BCUT2D eigenvalue weighted by Gasteiger charge is -2.24. The molecular weight excluding hydrogens is 198 g/mol. The molecule has 0 radical (unpaired) electrons. The van der Waals surface area contributed by atoms with Crippen LogP contribution in [-0.4, -0.2) is 40.7 Å². The first-order valence-electron chi connectivity index (χ1n) is 5.16. The van der Waals surface area contributed by atoms with E-state index >= 15 is 0 Å². The van der Waals surface area contributed by atoms with Crippen molar-refractivity contribution in [1.29, 1.82) is 0 Å². The van der Waals surface area contributed by atoms with Crippen LogP contribution in [0.5, 0.6) is 0 Å². The summed E-state index contributed by atoms with van der Waals surface area (Å²) in [6.45, 7) is 0.761. The van der Waals surface area contributed by atoms with Crippen molar-refractivity contribution < 1.29 is 14.0 Å². The zero-order chi connectivity index (χ0) is 10.9. The van der Waals surface area contributed by atoms with Crippen LogP contribution >= 0.6 is 0 Å². The first-order valence-corrected chi connectivity index (χ1v) is 7.39. The zero-order valence-electron chi connectivity index (χ0n) is 9.29. The highest BCUT2D eigenvalue weighted by atomic mass is 28.4. The van der Waals surface area contributed by atoms with Crippen LogP contribution in [0, 0.1) is 0 Å². The molecule has 0 spiro atoms. The predicted octanol–water partition coefficient (Wildman–Crippen LogP) is 0.772. The Hall–Kier alpha value is 0.0569. The van der Waals surface area contributed by atoms with E-state index < -0.39 is 8.56 Å². The van der Waals surface area contributed by atoms with E-state index in [0.29, 0.717) is 0 Å². The molecule has 0 aromatic heterocycles. The van der Waals surface area contributed by atoms with Gasteiger partial charge in [-0.2, -0.15) is 0 Å². The van der Waals surface area contributed by atoms with Crippen molar-refractivity contribution >= 4 is 8.56 Å². The summed E-state index contributed by atoms with van der Waals surface area (Å²) in [5, 5.41) is 9.17. The third kappa shape index (κ3) is 5.07. The number of hydrogen-bond donors (Lipinski definition) is 2. The Morgan fingerprint density at radius 1 is 1.07 bits per heavy atom. The number of aliphatic hydroxyl groups excluding tert-OH is 1. The summed E-state index contributed by atoms with van der Waals surface area (Å²) in [5.41, 5.74) is 5.39. The van der Waals surface area contributed by atoms with Crippen molar-refractivity contribution in [2.75, 3.05) is 27.0 Å². The maximum absolute atomic E-state index is 9.17. The lowest BCUT2D eigenvalue weighted by Crippen LogP contribution is -2.44. The largest absolute Gasteiger partial charge is 0.396 e. The molecule has 0 rings (SSSR count). The van der Waals surface area contributed by atoms with Crippen LogP contribution < -0.4 is 5.73 Å². The second-order valence-corrected chi connectivity index (χ2v) is 6.88. The maximum Gasteiger partial charge on any atom is 0.363 e. The zero-order valence-corrected chi connectivity index (χ0v) is 10.3. The van der Waals surface area contributed by atoms with Gasteiger partial charge >= 0.3 is 8.56 Å². The maximum atomic E-state index is 9.17. The Morgan fingerprint density at radius 3 is 2.07 bits per heavy atom. The molecule has 0 aromatic rings. The Bertz CT molecular complexity index is 123. The van der Waals surface area contributed by atoms with Crippen molar-refractivity contribution in [1.82, 2.24) is 0 Å². The van der Waals surface area contributed by atoms with Crippen LogP contribution in [0.4, 0.5) is 0 Å². The van der Waals surface area contributed by atoms with Gasteiger partial charge in [0.2, 0.25) is 0 Å². The van der Waals surface area contributed by atoms with Crippen molar-refractivity contribution in [2.45, 2.75) is 31.7 Å². The molecule has 4 nitrogen and oxygen atoms in total. The molecule has 0 unspecified atom stereocenters. The van der Waals surface area contributed by atoms with Crippen LogP contribution in [0.25, 0.3) is 0 Å². The van der Waals surface area contributed by atoms with Gasteiger partial charge in [0.05, 0.1) is 6.23 Å². The monoisotopic (exact) mass is 221 g/mol. The van der Waals surface area contributed by atoms with E-state index in [1.165, 1.54) is 0 Å². The fraction of sp³-hybridized carbons (Fsp3) is 1.00. The smallest absolute Gasteiger partial charge is 0.363 e. The summed E-state index contributed by atoms with van der Waals surface area (Å²) in [7, 11) is 0.980. The summed E-state index contributed by atoms with van der Waals surface area (Å²) in [4.78, 5) is 0. The van der Waals surface area contributed by atoms with Gasteiger partial charge in [-0.25, -0.2) is 0 Å². The van der Waals surface area contributed by atoms with Gasteiger partial charge in [0, 0.05) is 14.2 Å². The van der Waals surface area contributed by atoms with Gasteiger partial charge < -0.3 is 19.7 Å². The third-order valence-electron chi connectivity index (χ3n) is 2.50. The topological polar surface area (TPSA) is 64.7 Å². The average molecular weight is 221 g/mol. The Labute approximate surface area is 87.6 Å². The molecule has 0 bridgehead atoms. The van der Waals surface area contributed by atoms with Crippen LogP contribution in [-0.2, 0) is 8.85 Å². The summed E-state index contributed by atoms with van der Waals surface area (Å²) in [6, 6.07) is 0.862. The lowest BCUT2D eigenvalue weighted by molar-refractivity contribution is 0.195. The van der Waals surface area contributed by atoms with Gasteiger partial charge in [-0.1, -0.05) is 19.3 Å². The number of aliphatic hydroxyl groups is 1. The van der Waals surface area contributed by atoms with Gasteiger partial charge in [-0.05, 0) is 19.0 Å². The fourth-order valence-corrected chi connectivity index (χ4v) is 3.17. The van der Waals surface area contributed by atoms with E-state index in [0.717, 1.165) is 38.3 Å². The summed E-state index contributed by atoms with van der Waals surface area (Å²) in [6.07, 6.45) is 4.46. The quantitative estimate of drug-likeness (QED) is 0.446. The van der Waals surface area contributed by atoms with Crippen molar-refractivity contribution in [2.24, 2.45) is 5.73 Å². The first kappa shape index (κ1) is 14.1. The number of hydrogen-bond acceptors (Lipinski definition) is 4. The summed E-state index contributed by atoms with van der Waals surface area (Å²) in [5.74, 6) is 0. The van der Waals surface area contributed by atoms with Gasteiger partial charge in [0.25, 0.3) is 0 Å². The molecule has 86 valence electrons. The third-order valence-corrected chi connectivity index (χ3v) is 5.58. The van der Waals surface area contributed by atoms with E-state index in [9.17, 15) is 5.11 Å². The molecule has 0 aliphatic heterocycles. The van der Waals surface area contributed by atoms with E-state index in [1.54, 1.807) is 14.2 Å². The highest BCUT2D eigenvalue weighted by Crippen LogP contribution is 2.16. The Kier molecular flexibility index (Phi) is 8.41. The average Bonchev–Trinajstić information content (AvgIpc) is 2.24. The number of nitrogens with two attached hydrogens (primary N) is 1. The highest BCUT2D eigenvalue weighted by molar-refractivity contribution is 6.67. The molecule has 0 aliphatic carbocycles. The van der Waals surface area contributed by atoms with Gasteiger partial charge in [0.15, 0.2) is 0 Å². The first-order chi connectivity index (χ1) is 6.74. The standard InChI is InChI=1S/C9H23NO3Si/c1-12-14(9-11,13-2)8-6-4-3-5-7-10/h11H,3-10H2,1-2H3. The van der Waals surface area contributed by atoms with E-state index in [4.69, 9.17) is 14.6 Å². The molecule has 0 aromatic carbocycles. The highest BCUT2D eigenvalue weighted by Gasteiger charge is 2.33. The molecule has 3 N–H and O–H groups in total. The van der Waals surface area contributed by atoms with Crippen LogP contribution in [0.15, 0.2) is 0 Å². The Balaban J connectivity index is 3.61. The van der Waals surface area contributed by atoms with Crippen molar-refractivity contribution in [3.8, 4) is 0 Å². The minimum absolute atomic E-state index is 0.0386. The molecule has 5 heteroatoms. The molecule has 0 saturated heterocycles. The molecular formula is C9H23NO3Si. The molecule has 0 heterocycles. The van der Waals surface area contributed by atoms with Crippen molar-refractivity contribution in [3.63, 3.8) is 0 Å². The lowest BCUT2D eigenvalue weighted by atomic mass is 10.2. The van der Waals surface area contributed by atoms with Crippen LogP contribution in [0.3, 0.4) is 0 Å². The summed E-state index contributed by atoms with van der Waals surface area (Å²) >= 11 is 0. The molecule has 0 amide bonds. The number of rotatable bonds is 9. The summed E-state index contributed by atoms with van der Waals surface area (Å²) < 4.78 is 10.6. The molecule has 0 aliphatic rings. The Morgan fingerprint density at radius 2 is 1.64 bits per heavy atom. The second-order valence-electron chi connectivity index (χ2n) is 3.43. The SMILES string of the molecule is CO[Si](CO)(CCCCCCN)OC. The second kappa shape index (κ2) is 8.37. The van der Waals surface area contributed by atoms with Crippen molar-refractivity contribution in [3.05, 3.63) is 0 Å². The molecule has 0 saturated carbocycles. The fourth-order valence-electron chi connectivity index (χ4n) is 1.39. The molecule has 14 heavy (non-hydrogen) atoms. The molecule has 0 fully saturated rings. The van der Waals surface area contributed by atoms with Crippen LogP contribution in [0.2, 0.25) is 6.04 Å². The van der Waals surface area contributed by atoms with E-state index in [2.05, 4.69) is 0 Å². The van der Waals surface area contributed by atoms with Gasteiger partial charge in [-0.15, -0.1) is 0 Å². The minimum atomic E-state index is -2.25. The van der Waals surface area contributed by atoms with E-state index in [-0.39, 0.29) is 6.23 Å². The molecule has 0 atom stereocenters. The van der Waals surface area contributed by atoms with Crippen LogP contribution in [0.1, 0.15) is 25.7 Å². The van der Waals surface area contributed by atoms with Gasteiger partial charge in [-0.3, -0.25) is 0 Å². The predicted molar refractivity (Wildman–Crippen MR) is 59.2 cm³/mol.